The maximum absolute atomic E-state index is 12.7. The van der Waals surface area contributed by atoms with Gasteiger partial charge in [-0.2, -0.15) is 0 Å². The predicted molar refractivity (Wildman–Crippen MR) is 119 cm³/mol. The Hall–Kier alpha value is -2.57. The van der Waals surface area contributed by atoms with Gasteiger partial charge in [0, 0.05) is 32.7 Å². The van der Waals surface area contributed by atoms with E-state index in [0.29, 0.717) is 69.0 Å². The number of para-hydroxylation sites is 2. The molecule has 2 saturated heterocycles. The summed E-state index contributed by atoms with van der Waals surface area (Å²) in [5.74, 6) is -0.654. The van der Waals surface area contributed by atoms with E-state index in [1.165, 1.54) is 17.0 Å². The molecule has 1 aromatic carbocycles. The first kappa shape index (κ1) is 25.5. The Bertz CT molecular complexity index is 913. The number of likely N-dealkylation sites (tertiary alicyclic amines) is 1. The van der Waals surface area contributed by atoms with Crippen LogP contribution in [-0.4, -0.2) is 84.8 Å². The van der Waals surface area contributed by atoms with Crippen molar-refractivity contribution in [1.82, 2.24) is 10.2 Å². The van der Waals surface area contributed by atoms with Crippen LogP contribution in [0.15, 0.2) is 24.3 Å². The second-order valence-electron chi connectivity index (χ2n) is 9.55. The maximum Gasteiger partial charge on any atom is 0.573 e. The van der Waals surface area contributed by atoms with Crippen molar-refractivity contribution in [3.8, 4) is 5.75 Å². The molecule has 35 heavy (non-hydrogen) atoms. The Balaban J connectivity index is 1.21. The largest absolute Gasteiger partial charge is 0.573 e. The van der Waals surface area contributed by atoms with Crippen LogP contribution in [0.5, 0.6) is 5.75 Å². The third-order valence-electron chi connectivity index (χ3n) is 7.39. The molecule has 5 N–H and O–H groups in total. The van der Waals surface area contributed by atoms with Crippen molar-refractivity contribution >= 4 is 17.5 Å². The van der Waals surface area contributed by atoms with Crippen LogP contribution in [0.25, 0.3) is 0 Å². The van der Waals surface area contributed by atoms with Gasteiger partial charge in [0.1, 0.15) is 0 Å². The van der Waals surface area contributed by atoms with Gasteiger partial charge in [0.2, 0.25) is 0 Å². The van der Waals surface area contributed by atoms with Gasteiger partial charge in [-0.15, -0.1) is 13.2 Å². The van der Waals surface area contributed by atoms with E-state index in [0.717, 1.165) is 0 Å². The van der Waals surface area contributed by atoms with E-state index < -0.39 is 30.4 Å². The van der Waals surface area contributed by atoms with Crippen molar-refractivity contribution in [1.29, 1.82) is 0 Å². The van der Waals surface area contributed by atoms with Crippen molar-refractivity contribution in [3.63, 3.8) is 0 Å². The van der Waals surface area contributed by atoms with Crippen LogP contribution in [0.2, 0.25) is 0 Å². The minimum absolute atomic E-state index is 0.0323. The average molecular weight is 501 g/mol. The number of hydrogen-bond acceptors (Lipinski definition) is 7. The maximum atomic E-state index is 12.7. The number of carbonyl (C=O) groups is 2. The van der Waals surface area contributed by atoms with Gasteiger partial charge in [0.25, 0.3) is 11.8 Å². The zero-order chi connectivity index (χ0) is 25.3. The lowest BCUT2D eigenvalue weighted by Gasteiger charge is -2.34. The molecule has 0 bridgehead atoms. The van der Waals surface area contributed by atoms with Gasteiger partial charge in [0.05, 0.1) is 5.69 Å². The molecule has 1 aromatic rings. The number of piperidine rings is 2. The van der Waals surface area contributed by atoms with E-state index in [-0.39, 0.29) is 18.2 Å². The second-order valence-corrected chi connectivity index (χ2v) is 9.55. The summed E-state index contributed by atoms with van der Waals surface area (Å²) in [7, 11) is 0. The molecule has 4 rings (SSSR count). The van der Waals surface area contributed by atoms with E-state index in [1.54, 1.807) is 17.0 Å². The van der Waals surface area contributed by atoms with Crippen LogP contribution >= 0.6 is 0 Å². The Morgan fingerprint density at radius 1 is 1.11 bits per heavy atom. The van der Waals surface area contributed by atoms with E-state index in [1.807, 2.05) is 0 Å². The first-order valence-corrected chi connectivity index (χ1v) is 11.8. The molecular formula is C23H31F3N4O5. The summed E-state index contributed by atoms with van der Waals surface area (Å²) in [6, 6.07) is 5.95. The topological polar surface area (TPSA) is 128 Å². The molecule has 5 atom stereocenters. The number of fused-ring (bicyclic) bond motifs is 1. The lowest BCUT2D eigenvalue weighted by Crippen LogP contribution is -2.51. The molecule has 12 heteroatoms. The number of aliphatic hydroxyl groups is 2. The predicted octanol–water partition coefficient (Wildman–Crippen LogP) is 0.303. The highest BCUT2D eigenvalue weighted by atomic mass is 19.4. The van der Waals surface area contributed by atoms with Gasteiger partial charge in [-0.1, -0.05) is 12.1 Å². The van der Waals surface area contributed by atoms with Crippen LogP contribution in [0.1, 0.15) is 12.8 Å². The molecule has 0 spiro atoms. The number of nitrogens with one attached hydrogen (secondary N) is 1. The summed E-state index contributed by atoms with van der Waals surface area (Å²) in [5, 5.41) is 23.0. The van der Waals surface area contributed by atoms with Gasteiger partial charge in [-0.3, -0.25) is 9.59 Å². The van der Waals surface area contributed by atoms with Crippen LogP contribution in [0, 0.1) is 23.7 Å². The van der Waals surface area contributed by atoms with Gasteiger partial charge >= 0.3 is 6.36 Å². The summed E-state index contributed by atoms with van der Waals surface area (Å²) < 4.78 is 42.2. The number of ether oxygens (including phenoxy) is 1. The van der Waals surface area contributed by atoms with E-state index in [2.05, 4.69) is 10.1 Å². The Morgan fingerprint density at radius 3 is 2.34 bits per heavy atom. The molecule has 1 unspecified atom stereocenters. The molecule has 0 radical (unpaired) electrons. The molecule has 0 aromatic heterocycles. The molecular weight excluding hydrogens is 469 g/mol. The molecule has 2 heterocycles. The van der Waals surface area contributed by atoms with Crippen LogP contribution in [-0.2, 0) is 9.59 Å². The first-order chi connectivity index (χ1) is 16.6. The molecule has 3 aliphatic rings. The Morgan fingerprint density at radius 2 is 1.74 bits per heavy atom. The number of nitrogens with zero attached hydrogens (tertiary/aromatic N) is 2. The quantitative estimate of drug-likeness (QED) is 0.404. The summed E-state index contributed by atoms with van der Waals surface area (Å²) in [6.45, 7) is 2.67. The Labute approximate surface area is 201 Å². The standard InChI is InChI=1S/C23H31F3N4O5/c24-23(25,26)35-18-4-2-1-3-17(18)29-7-5-13(6-8-29)10-28-21(33)19(31)20(32)22(34)30-11-15-14(9-27)16(15)12-30/h1-4,13-16,19-20,31-32H,5-12,27H2,(H,28,33)/t14?,15-,16+,19-,20-/m1/s1. The summed E-state index contributed by atoms with van der Waals surface area (Å²) in [6.07, 6.45) is -7.31. The normalized spacial score (nSPS) is 26.2. The van der Waals surface area contributed by atoms with Gasteiger partial charge in [0.15, 0.2) is 18.0 Å². The summed E-state index contributed by atoms with van der Waals surface area (Å²) in [4.78, 5) is 28.1. The molecule has 2 amide bonds. The molecule has 9 nitrogen and oxygen atoms in total. The number of carbonyl (C=O) groups excluding carboxylic acids is 2. The number of rotatable bonds is 8. The lowest BCUT2D eigenvalue weighted by molar-refractivity contribution is -0.274. The fourth-order valence-corrected chi connectivity index (χ4v) is 5.30. The highest BCUT2D eigenvalue weighted by molar-refractivity contribution is 5.90. The van der Waals surface area contributed by atoms with Gasteiger partial charge in [-0.05, 0) is 55.2 Å². The number of amides is 2. The monoisotopic (exact) mass is 500 g/mol. The average Bonchev–Trinajstić information content (AvgIpc) is 3.31. The fraction of sp³-hybridized carbons (Fsp3) is 0.652. The highest BCUT2D eigenvalue weighted by Gasteiger charge is 2.56. The molecule has 2 aliphatic heterocycles. The lowest BCUT2D eigenvalue weighted by atomic mass is 9.96. The van der Waals surface area contributed by atoms with Crippen molar-refractivity contribution in [2.45, 2.75) is 31.4 Å². The zero-order valence-electron chi connectivity index (χ0n) is 19.2. The first-order valence-electron chi connectivity index (χ1n) is 11.8. The molecule has 1 saturated carbocycles. The van der Waals surface area contributed by atoms with Gasteiger partial charge in [-0.25, -0.2) is 0 Å². The summed E-state index contributed by atoms with van der Waals surface area (Å²) >= 11 is 0. The number of anilines is 1. The molecule has 1 aliphatic carbocycles. The van der Waals surface area contributed by atoms with Crippen LogP contribution < -0.4 is 20.7 Å². The van der Waals surface area contributed by atoms with Crippen LogP contribution in [0.4, 0.5) is 18.9 Å². The van der Waals surface area contributed by atoms with E-state index in [9.17, 15) is 33.0 Å². The number of hydrogen-bond donors (Lipinski definition) is 4. The third-order valence-corrected chi connectivity index (χ3v) is 7.39. The smallest absolute Gasteiger partial charge is 0.404 e. The number of nitrogens with two attached hydrogens (primary N) is 1. The number of halogens is 3. The number of benzene rings is 1. The minimum Gasteiger partial charge on any atom is -0.404 e. The van der Waals surface area contributed by atoms with E-state index >= 15 is 0 Å². The summed E-state index contributed by atoms with van der Waals surface area (Å²) in [5.41, 5.74) is 6.01. The highest BCUT2D eigenvalue weighted by Crippen LogP contribution is 2.51. The zero-order valence-corrected chi connectivity index (χ0v) is 19.2. The third kappa shape index (κ3) is 5.81. The van der Waals surface area contributed by atoms with E-state index in [4.69, 9.17) is 5.73 Å². The molecule has 194 valence electrons. The minimum atomic E-state index is -4.78. The number of aliphatic hydroxyl groups excluding tert-OH is 2. The number of alkyl halides is 3. The van der Waals surface area contributed by atoms with Gasteiger partial charge < -0.3 is 35.8 Å². The second kappa shape index (κ2) is 10.2. The SMILES string of the molecule is NCC1[C@H]2CN(C(=O)[C@H](O)[C@@H](O)C(=O)NCC3CCN(c4ccccc4OC(F)(F)F)CC3)C[C@@H]12. The molecule has 3 fully saturated rings. The van der Waals surface area contributed by atoms with Crippen molar-refractivity contribution in [2.24, 2.45) is 29.4 Å². The Kier molecular flexibility index (Phi) is 7.43. The van der Waals surface area contributed by atoms with Crippen LogP contribution in [0.3, 0.4) is 0 Å². The van der Waals surface area contributed by atoms with Crippen molar-refractivity contribution in [3.05, 3.63) is 24.3 Å². The van der Waals surface area contributed by atoms with Crippen molar-refractivity contribution < 1.29 is 37.7 Å². The fourth-order valence-electron chi connectivity index (χ4n) is 5.30. The van der Waals surface area contributed by atoms with Crippen molar-refractivity contribution in [2.75, 3.05) is 44.2 Å².